The number of hydrogen-bond donors (Lipinski definition) is 1. The Bertz CT molecular complexity index is 966. The van der Waals surface area contributed by atoms with E-state index in [-0.39, 0.29) is 18.3 Å². The number of carbonyl (C=O) groups excluding carboxylic acids is 2. The molecule has 3 rings (SSSR count). The number of carbonyl (C=O) groups is 2. The van der Waals surface area contributed by atoms with E-state index in [9.17, 15) is 9.59 Å². The van der Waals surface area contributed by atoms with Crippen molar-refractivity contribution < 1.29 is 19.1 Å². The number of anilines is 1. The highest BCUT2D eigenvalue weighted by molar-refractivity contribution is 6.04. The summed E-state index contributed by atoms with van der Waals surface area (Å²) >= 11 is 0. The second-order valence-electron chi connectivity index (χ2n) is 6.22. The summed E-state index contributed by atoms with van der Waals surface area (Å²) in [5.74, 6) is 1.13. The monoisotopic (exact) mass is 375 g/mol. The van der Waals surface area contributed by atoms with Crippen molar-refractivity contribution in [3.05, 3.63) is 89.5 Å². The minimum atomic E-state index is -0.167. The fraction of sp³-hybridized carbons (Fsp3) is 0.130. The molecule has 1 amide bonds. The third-order valence-electron chi connectivity index (χ3n) is 4.23. The van der Waals surface area contributed by atoms with E-state index in [4.69, 9.17) is 9.47 Å². The maximum atomic E-state index is 12.2. The second kappa shape index (κ2) is 8.86. The van der Waals surface area contributed by atoms with E-state index in [2.05, 4.69) is 5.32 Å². The Morgan fingerprint density at radius 2 is 1.61 bits per heavy atom. The smallest absolute Gasteiger partial charge is 0.255 e. The number of nitrogens with one attached hydrogen (secondary N) is 1. The zero-order valence-corrected chi connectivity index (χ0v) is 15.8. The molecule has 0 aromatic heterocycles. The Morgan fingerprint density at radius 3 is 2.25 bits per heavy atom. The van der Waals surface area contributed by atoms with Gasteiger partial charge in [0, 0.05) is 22.4 Å². The first kappa shape index (κ1) is 19.2. The third kappa shape index (κ3) is 4.76. The van der Waals surface area contributed by atoms with Crippen LogP contribution in [0.3, 0.4) is 0 Å². The van der Waals surface area contributed by atoms with Crippen LogP contribution in [0.5, 0.6) is 11.5 Å². The number of Topliss-reactive ketones (excluding diaryl/α,β-unsaturated/α-hetero) is 1. The van der Waals surface area contributed by atoms with Gasteiger partial charge < -0.3 is 14.8 Å². The lowest BCUT2D eigenvalue weighted by atomic mass is 10.1. The predicted octanol–water partition coefficient (Wildman–Crippen LogP) is 4.73. The van der Waals surface area contributed by atoms with Crippen molar-refractivity contribution >= 4 is 17.4 Å². The van der Waals surface area contributed by atoms with Gasteiger partial charge in [0.25, 0.3) is 5.91 Å². The topological polar surface area (TPSA) is 64.6 Å². The first-order chi connectivity index (χ1) is 13.6. The molecule has 0 aliphatic heterocycles. The standard InChI is InChI=1S/C23H21NO4/c1-16(25)18-8-13-22(27-2)19(14-18)15-28-21-11-9-20(10-12-21)24-23(26)17-6-4-3-5-7-17/h3-14H,15H2,1-2H3,(H,24,26). The average molecular weight is 375 g/mol. The van der Waals surface area contributed by atoms with Crippen LogP contribution in [0.2, 0.25) is 0 Å². The molecule has 0 radical (unpaired) electrons. The van der Waals surface area contributed by atoms with E-state index in [1.807, 2.05) is 18.2 Å². The van der Waals surface area contributed by atoms with Crippen molar-refractivity contribution in [2.24, 2.45) is 0 Å². The normalized spacial score (nSPS) is 10.2. The van der Waals surface area contributed by atoms with E-state index in [1.165, 1.54) is 6.92 Å². The van der Waals surface area contributed by atoms with Crippen molar-refractivity contribution in [2.45, 2.75) is 13.5 Å². The molecule has 0 aliphatic rings. The molecular weight excluding hydrogens is 354 g/mol. The summed E-state index contributed by atoms with van der Waals surface area (Å²) in [5, 5.41) is 2.85. The largest absolute Gasteiger partial charge is 0.496 e. The Morgan fingerprint density at radius 1 is 0.893 bits per heavy atom. The molecule has 1 N–H and O–H groups in total. The van der Waals surface area contributed by atoms with Gasteiger partial charge >= 0.3 is 0 Å². The maximum absolute atomic E-state index is 12.2. The molecule has 28 heavy (non-hydrogen) atoms. The van der Waals surface area contributed by atoms with Crippen LogP contribution < -0.4 is 14.8 Å². The van der Waals surface area contributed by atoms with Crippen LogP contribution in [-0.2, 0) is 6.61 Å². The van der Waals surface area contributed by atoms with E-state index in [0.29, 0.717) is 28.3 Å². The van der Waals surface area contributed by atoms with Crippen LogP contribution in [0.15, 0.2) is 72.8 Å². The third-order valence-corrected chi connectivity index (χ3v) is 4.23. The number of rotatable bonds is 7. The highest BCUT2D eigenvalue weighted by Crippen LogP contribution is 2.23. The molecule has 0 spiro atoms. The number of benzene rings is 3. The molecule has 0 atom stereocenters. The summed E-state index contributed by atoms with van der Waals surface area (Å²) < 4.78 is 11.1. The van der Waals surface area contributed by atoms with Crippen LogP contribution >= 0.6 is 0 Å². The van der Waals surface area contributed by atoms with Crippen molar-refractivity contribution in [3.63, 3.8) is 0 Å². The summed E-state index contributed by atoms with van der Waals surface area (Å²) in [6, 6.07) is 21.4. The van der Waals surface area contributed by atoms with Crippen LogP contribution in [0.4, 0.5) is 5.69 Å². The fourth-order valence-electron chi connectivity index (χ4n) is 2.70. The molecule has 5 nitrogen and oxygen atoms in total. The van der Waals surface area contributed by atoms with Gasteiger partial charge in [0.05, 0.1) is 7.11 Å². The number of ether oxygens (including phenoxy) is 2. The Balaban J connectivity index is 1.64. The van der Waals surface area contributed by atoms with Crippen LogP contribution in [0, 0.1) is 0 Å². The van der Waals surface area contributed by atoms with Gasteiger partial charge in [-0.2, -0.15) is 0 Å². The molecule has 3 aromatic carbocycles. The highest BCUT2D eigenvalue weighted by atomic mass is 16.5. The predicted molar refractivity (Wildman–Crippen MR) is 108 cm³/mol. The van der Waals surface area contributed by atoms with Crippen molar-refractivity contribution in [1.82, 2.24) is 0 Å². The zero-order valence-electron chi connectivity index (χ0n) is 15.8. The summed E-state index contributed by atoms with van der Waals surface area (Å²) in [4.78, 5) is 23.8. The molecular formula is C23H21NO4. The van der Waals surface area contributed by atoms with E-state index in [0.717, 1.165) is 5.56 Å². The van der Waals surface area contributed by atoms with Gasteiger partial charge in [-0.05, 0) is 61.5 Å². The molecule has 0 bridgehead atoms. The van der Waals surface area contributed by atoms with Crippen molar-refractivity contribution in [2.75, 3.05) is 12.4 Å². The minimum Gasteiger partial charge on any atom is -0.496 e. The zero-order chi connectivity index (χ0) is 19.9. The van der Waals surface area contributed by atoms with Crippen molar-refractivity contribution in [1.29, 1.82) is 0 Å². The van der Waals surface area contributed by atoms with Gasteiger partial charge in [-0.3, -0.25) is 9.59 Å². The number of amides is 1. The molecule has 0 saturated carbocycles. The van der Waals surface area contributed by atoms with Gasteiger partial charge in [-0.25, -0.2) is 0 Å². The average Bonchev–Trinajstić information content (AvgIpc) is 2.73. The summed E-state index contributed by atoms with van der Waals surface area (Å²) in [7, 11) is 1.58. The van der Waals surface area contributed by atoms with E-state index < -0.39 is 0 Å². The van der Waals surface area contributed by atoms with Crippen LogP contribution in [-0.4, -0.2) is 18.8 Å². The molecule has 0 fully saturated rings. The molecule has 3 aromatic rings. The van der Waals surface area contributed by atoms with Crippen molar-refractivity contribution in [3.8, 4) is 11.5 Å². The van der Waals surface area contributed by atoms with Crippen LogP contribution in [0.25, 0.3) is 0 Å². The number of hydrogen-bond acceptors (Lipinski definition) is 4. The quantitative estimate of drug-likeness (QED) is 0.607. The van der Waals surface area contributed by atoms with E-state index >= 15 is 0 Å². The lowest BCUT2D eigenvalue weighted by Gasteiger charge is -2.12. The first-order valence-electron chi connectivity index (χ1n) is 8.84. The highest BCUT2D eigenvalue weighted by Gasteiger charge is 2.09. The Labute approximate surface area is 163 Å². The molecule has 0 heterocycles. The van der Waals surface area contributed by atoms with E-state index in [1.54, 1.807) is 61.7 Å². The molecule has 142 valence electrons. The fourth-order valence-corrected chi connectivity index (χ4v) is 2.70. The summed E-state index contributed by atoms with van der Waals surface area (Å²) in [6.45, 7) is 1.79. The SMILES string of the molecule is COc1ccc(C(C)=O)cc1COc1ccc(NC(=O)c2ccccc2)cc1. The van der Waals surface area contributed by atoms with Gasteiger partial charge in [0.1, 0.15) is 18.1 Å². The molecule has 0 aliphatic carbocycles. The second-order valence-corrected chi connectivity index (χ2v) is 6.22. The van der Waals surface area contributed by atoms with Gasteiger partial charge in [0.2, 0.25) is 0 Å². The Kier molecular flexibility index (Phi) is 6.07. The van der Waals surface area contributed by atoms with Gasteiger partial charge in [0.15, 0.2) is 5.78 Å². The molecule has 0 saturated heterocycles. The minimum absolute atomic E-state index is 0.0117. The van der Waals surface area contributed by atoms with Crippen LogP contribution in [0.1, 0.15) is 33.2 Å². The lowest BCUT2D eigenvalue weighted by molar-refractivity contribution is 0.101. The van der Waals surface area contributed by atoms with Gasteiger partial charge in [-0.15, -0.1) is 0 Å². The summed E-state index contributed by atoms with van der Waals surface area (Å²) in [5.41, 5.74) is 2.67. The lowest BCUT2D eigenvalue weighted by Crippen LogP contribution is -2.11. The number of methoxy groups -OCH3 is 1. The Hall–Kier alpha value is -3.60. The number of ketones is 1. The first-order valence-corrected chi connectivity index (χ1v) is 8.84. The maximum Gasteiger partial charge on any atom is 0.255 e. The summed E-state index contributed by atoms with van der Waals surface area (Å²) in [6.07, 6.45) is 0. The molecule has 5 heteroatoms. The molecule has 0 unspecified atom stereocenters. The van der Waals surface area contributed by atoms with Gasteiger partial charge in [-0.1, -0.05) is 18.2 Å².